The highest BCUT2D eigenvalue weighted by molar-refractivity contribution is 7.10. The van der Waals surface area contributed by atoms with E-state index >= 15 is 0 Å². The maximum atomic E-state index is 13.1. The van der Waals surface area contributed by atoms with Gasteiger partial charge in [-0.3, -0.25) is 4.79 Å². The maximum Gasteiger partial charge on any atom is 0.257 e. The Labute approximate surface area is 112 Å². The molecule has 0 unspecified atom stereocenters. The van der Waals surface area contributed by atoms with Crippen molar-refractivity contribution in [3.63, 3.8) is 0 Å². The van der Waals surface area contributed by atoms with Crippen LogP contribution in [0, 0.1) is 17.7 Å². The number of aromatic nitrogens is 2. The number of rotatable bonds is 2. The molecule has 2 rings (SSSR count). The Morgan fingerprint density at radius 3 is 3.05 bits per heavy atom. The minimum Gasteiger partial charge on any atom is -0.384 e. The van der Waals surface area contributed by atoms with Crippen LogP contribution in [0.5, 0.6) is 0 Å². The first-order valence-electron chi connectivity index (χ1n) is 5.18. The number of aliphatic hydroxyl groups is 1. The summed E-state index contributed by atoms with van der Waals surface area (Å²) < 4.78 is 16.7. The number of aliphatic hydroxyl groups excluding tert-OH is 1. The molecule has 0 fully saturated rings. The summed E-state index contributed by atoms with van der Waals surface area (Å²) in [4.78, 5) is 12.0. The zero-order chi connectivity index (χ0) is 13.7. The van der Waals surface area contributed by atoms with Crippen molar-refractivity contribution in [2.24, 2.45) is 0 Å². The maximum absolute atomic E-state index is 13.1. The molecule has 1 amide bonds. The molecule has 1 heterocycles. The first kappa shape index (κ1) is 13.1. The van der Waals surface area contributed by atoms with Crippen LogP contribution in [0.2, 0.25) is 0 Å². The molecule has 1 aromatic heterocycles. The van der Waals surface area contributed by atoms with Crippen LogP contribution in [0.25, 0.3) is 0 Å². The Morgan fingerprint density at radius 1 is 1.53 bits per heavy atom. The molecule has 96 valence electrons. The van der Waals surface area contributed by atoms with Gasteiger partial charge in [-0.2, -0.15) is 0 Å². The number of nitrogens with zero attached hydrogens (tertiary/aromatic N) is 2. The second kappa shape index (κ2) is 6.04. The van der Waals surface area contributed by atoms with Gasteiger partial charge < -0.3 is 10.4 Å². The minimum atomic E-state index is -0.502. The van der Waals surface area contributed by atoms with Gasteiger partial charge in [0, 0.05) is 17.1 Å². The Balaban J connectivity index is 2.30. The number of amides is 1. The number of anilines is 1. The molecule has 7 heteroatoms. The second-order valence-electron chi connectivity index (χ2n) is 3.39. The highest BCUT2D eigenvalue weighted by Crippen LogP contribution is 2.15. The van der Waals surface area contributed by atoms with Crippen molar-refractivity contribution in [1.29, 1.82) is 0 Å². The summed E-state index contributed by atoms with van der Waals surface area (Å²) in [5.74, 6) is 3.98. The van der Waals surface area contributed by atoms with Gasteiger partial charge in [-0.15, -0.1) is 5.10 Å². The lowest BCUT2D eigenvalue weighted by atomic mass is 10.1. The predicted octanol–water partition coefficient (Wildman–Crippen LogP) is 1.27. The van der Waals surface area contributed by atoms with E-state index in [4.69, 9.17) is 5.11 Å². The third-order valence-electron chi connectivity index (χ3n) is 2.13. The largest absolute Gasteiger partial charge is 0.384 e. The van der Waals surface area contributed by atoms with Crippen molar-refractivity contribution in [2.75, 3.05) is 11.9 Å². The van der Waals surface area contributed by atoms with E-state index in [2.05, 4.69) is 26.7 Å². The van der Waals surface area contributed by atoms with Gasteiger partial charge in [0.2, 0.25) is 0 Å². The van der Waals surface area contributed by atoms with E-state index in [0.717, 1.165) is 17.6 Å². The van der Waals surface area contributed by atoms with Gasteiger partial charge in [0.1, 0.15) is 17.4 Å². The fourth-order valence-corrected chi connectivity index (χ4v) is 1.77. The van der Waals surface area contributed by atoms with E-state index in [9.17, 15) is 9.18 Å². The van der Waals surface area contributed by atoms with Gasteiger partial charge >= 0.3 is 0 Å². The van der Waals surface area contributed by atoms with Crippen LogP contribution in [0.4, 0.5) is 9.39 Å². The monoisotopic (exact) mass is 277 g/mol. The van der Waals surface area contributed by atoms with Gasteiger partial charge in [0.05, 0.1) is 11.8 Å². The zero-order valence-electron chi connectivity index (χ0n) is 9.55. The van der Waals surface area contributed by atoms with Crippen molar-refractivity contribution in [3.8, 4) is 11.8 Å². The Kier molecular flexibility index (Phi) is 4.18. The first-order chi connectivity index (χ1) is 9.20. The van der Waals surface area contributed by atoms with E-state index < -0.39 is 11.7 Å². The van der Waals surface area contributed by atoms with Gasteiger partial charge in [0.15, 0.2) is 0 Å². The van der Waals surface area contributed by atoms with Crippen molar-refractivity contribution < 1.29 is 14.3 Å². The molecule has 5 nitrogen and oxygen atoms in total. The lowest BCUT2D eigenvalue weighted by Crippen LogP contribution is -2.13. The van der Waals surface area contributed by atoms with E-state index in [-0.39, 0.29) is 17.7 Å². The van der Waals surface area contributed by atoms with E-state index in [1.54, 1.807) is 0 Å². The lowest BCUT2D eigenvalue weighted by Gasteiger charge is -2.04. The summed E-state index contributed by atoms with van der Waals surface area (Å²) in [7, 11) is 0. The smallest absolute Gasteiger partial charge is 0.257 e. The van der Waals surface area contributed by atoms with Crippen LogP contribution < -0.4 is 5.32 Å². The highest BCUT2D eigenvalue weighted by Gasteiger charge is 2.12. The fraction of sp³-hybridized carbons (Fsp3) is 0.0833. The quantitative estimate of drug-likeness (QED) is 0.811. The highest BCUT2D eigenvalue weighted by atomic mass is 32.1. The summed E-state index contributed by atoms with van der Waals surface area (Å²) in [6.07, 6.45) is 1.41. The molecule has 0 radical (unpaired) electrons. The summed E-state index contributed by atoms with van der Waals surface area (Å²) in [5, 5.41) is 15.3. The number of nitrogens with one attached hydrogen (secondary N) is 1. The third kappa shape index (κ3) is 3.34. The molecular formula is C12H8FN3O2S. The first-order valence-corrected chi connectivity index (χ1v) is 5.96. The lowest BCUT2D eigenvalue weighted by molar-refractivity contribution is 0.102. The van der Waals surface area contributed by atoms with Crippen LogP contribution in [0.1, 0.15) is 15.9 Å². The molecule has 0 spiro atoms. The van der Waals surface area contributed by atoms with Crippen molar-refractivity contribution >= 4 is 22.4 Å². The normalized spacial score (nSPS) is 9.58. The molecule has 0 saturated heterocycles. The Hall–Kier alpha value is -2.30. The average Bonchev–Trinajstić information content (AvgIpc) is 2.89. The van der Waals surface area contributed by atoms with E-state index in [1.165, 1.54) is 18.3 Å². The van der Waals surface area contributed by atoms with Crippen LogP contribution in [-0.4, -0.2) is 27.2 Å². The second-order valence-corrected chi connectivity index (χ2v) is 4.17. The number of hydrogen-bond donors (Lipinski definition) is 2. The molecule has 0 aliphatic rings. The predicted molar refractivity (Wildman–Crippen MR) is 68.2 cm³/mol. The van der Waals surface area contributed by atoms with Crippen LogP contribution in [0.15, 0.2) is 24.4 Å². The molecular weight excluding hydrogens is 269 g/mol. The zero-order valence-corrected chi connectivity index (χ0v) is 10.4. The standard InChI is InChI=1S/C12H8FN3O2S/c13-9-3-4-10(8(6-9)2-1-5-17)12(18)15-11-7-14-16-19-11/h3-4,6-7,17H,5H2,(H,15,18). The minimum absolute atomic E-state index is 0.212. The van der Waals surface area contributed by atoms with E-state index in [1.807, 2.05) is 0 Å². The van der Waals surface area contributed by atoms with Gasteiger partial charge in [-0.25, -0.2) is 4.39 Å². The number of carbonyl (C=O) groups is 1. The van der Waals surface area contributed by atoms with Crippen molar-refractivity contribution in [2.45, 2.75) is 0 Å². The Morgan fingerprint density at radius 2 is 2.37 bits per heavy atom. The summed E-state index contributed by atoms with van der Waals surface area (Å²) in [6, 6.07) is 3.65. The molecule has 2 aromatic rings. The molecule has 19 heavy (non-hydrogen) atoms. The molecule has 0 bridgehead atoms. The topological polar surface area (TPSA) is 75.1 Å². The molecule has 0 aliphatic heterocycles. The summed E-state index contributed by atoms with van der Waals surface area (Å²) >= 11 is 1.03. The molecule has 0 saturated carbocycles. The van der Waals surface area contributed by atoms with Crippen LogP contribution in [-0.2, 0) is 0 Å². The van der Waals surface area contributed by atoms with Gasteiger partial charge in [0.25, 0.3) is 5.91 Å². The van der Waals surface area contributed by atoms with Crippen LogP contribution >= 0.6 is 11.5 Å². The third-order valence-corrected chi connectivity index (χ3v) is 2.71. The van der Waals surface area contributed by atoms with Crippen LogP contribution in [0.3, 0.4) is 0 Å². The Bertz CT molecular complexity index is 647. The van der Waals surface area contributed by atoms with Gasteiger partial charge in [-0.05, 0) is 18.2 Å². The molecule has 0 atom stereocenters. The van der Waals surface area contributed by atoms with E-state index in [0.29, 0.717) is 5.00 Å². The number of benzene rings is 1. The number of carbonyl (C=O) groups excluding carboxylic acids is 1. The summed E-state index contributed by atoms with van der Waals surface area (Å²) in [6.45, 7) is -0.365. The molecule has 1 aromatic carbocycles. The van der Waals surface area contributed by atoms with Crippen molar-refractivity contribution in [1.82, 2.24) is 9.59 Å². The SMILES string of the molecule is O=C(Nc1cnns1)c1ccc(F)cc1C#CCO. The van der Waals surface area contributed by atoms with Gasteiger partial charge in [-0.1, -0.05) is 16.3 Å². The molecule has 2 N–H and O–H groups in total. The fourth-order valence-electron chi connectivity index (χ4n) is 1.35. The number of halogens is 1. The average molecular weight is 277 g/mol. The molecule has 0 aliphatic carbocycles. The summed E-state index contributed by atoms with van der Waals surface area (Å²) in [5.41, 5.74) is 0.430. The number of hydrogen-bond acceptors (Lipinski definition) is 5. The van der Waals surface area contributed by atoms with Crippen molar-refractivity contribution in [3.05, 3.63) is 41.3 Å².